The molecule has 260 valence electrons. The zero-order chi connectivity index (χ0) is 36.4. The molecule has 8 aromatic carbocycles. The summed E-state index contributed by atoms with van der Waals surface area (Å²) in [4.78, 5) is 0. The van der Waals surface area contributed by atoms with E-state index in [0.29, 0.717) is 0 Å². The molecule has 1 unspecified atom stereocenters. The number of aromatic nitrogens is 2. The van der Waals surface area contributed by atoms with Crippen molar-refractivity contribution in [3.05, 3.63) is 198 Å². The van der Waals surface area contributed by atoms with Crippen molar-refractivity contribution >= 4 is 60.3 Å². The van der Waals surface area contributed by atoms with Crippen molar-refractivity contribution in [3.63, 3.8) is 0 Å². The molecule has 0 spiro atoms. The molecular weight excluding hydrogens is 665 g/mol. The van der Waals surface area contributed by atoms with Gasteiger partial charge in [-0.15, -0.1) is 0 Å². The van der Waals surface area contributed by atoms with Crippen molar-refractivity contribution in [2.45, 2.75) is 31.6 Å². The first-order chi connectivity index (χ1) is 27.1. The average Bonchev–Trinajstić information content (AvgIpc) is 3.82. The Bertz CT molecular complexity index is 3260. The molecule has 2 aromatic heterocycles. The predicted octanol–water partition coefficient (Wildman–Crippen LogP) is 13.7. The van der Waals surface area contributed by atoms with E-state index in [9.17, 15) is 0 Å². The number of nitrogens with zero attached hydrogens (tertiary/aromatic N) is 2. The van der Waals surface area contributed by atoms with Crippen LogP contribution in [0.2, 0.25) is 0 Å². The lowest BCUT2D eigenvalue weighted by molar-refractivity contribution is 0.666. The number of fused-ring (bicyclic) bond motifs is 12. The predicted molar refractivity (Wildman–Crippen MR) is 232 cm³/mol. The van der Waals surface area contributed by atoms with Crippen molar-refractivity contribution in [2.75, 3.05) is 0 Å². The molecule has 2 heterocycles. The Kier molecular flexibility index (Phi) is 6.27. The van der Waals surface area contributed by atoms with E-state index >= 15 is 0 Å². The van der Waals surface area contributed by atoms with Gasteiger partial charge in [0, 0.05) is 44.0 Å². The van der Waals surface area contributed by atoms with Crippen LogP contribution in [0.5, 0.6) is 0 Å². The standard InChI is InChI=1S/C53H38N2/c1-53(2)44-21-9-7-19-39(44)41-27-30-50-51(52(41)53)43-32-36(26-29-49(43)55(50)46-24-12-16-34-14-4-6-18-38(34)46)35-25-28-48-42(31-35)40-20-8-10-22-47(40)54(48)45-23-11-15-33-13-3-5-17-37(33)45/h3-30,32,35H,31H2,1-2H3. The van der Waals surface area contributed by atoms with Crippen molar-refractivity contribution in [1.82, 2.24) is 9.13 Å². The second kappa shape index (κ2) is 11.2. The Morgan fingerprint density at radius 3 is 1.91 bits per heavy atom. The van der Waals surface area contributed by atoms with Gasteiger partial charge in [0.05, 0.1) is 27.9 Å². The van der Waals surface area contributed by atoms with Crippen molar-refractivity contribution in [3.8, 4) is 22.5 Å². The normalized spacial score (nSPS) is 15.6. The number of allylic oxidation sites excluding steroid dienone is 1. The summed E-state index contributed by atoms with van der Waals surface area (Å²) in [5.74, 6) is 0.251. The van der Waals surface area contributed by atoms with Crippen LogP contribution in [0.25, 0.3) is 82.8 Å². The highest BCUT2D eigenvalue weighted by atomic mass is 15.0. The first-order valence-corrected chi connectivity index (χ1v) is 19.5. The molecule has 0 saturated carbocycles. The molecule has 0 saturated heterocycles. The molecule has 55 heavy (non-hydrogen) atoms. The number of hydrogen-bond acceptors (Lipinski definition) is 0. The lowest BCUT2D eigenvalue weighted by atomic mass is 9.80. The second-order valence-corrected chi connectivity index (χ2v) is 16.0. The third-order valence-corrected chi connectivity index (χ3v) is 12.8. The van der Waals surface area contributed by atoms with Gasteiger partial charge in [-0.05, 0) is 93.0 Å². The number of rotatable bonds is 3. The third-order valence-electron chi connectivity index (χ3n) is 12.8. The summed E-state index contributed by atoms with van der Waals surface area (Å²) < 4.78 is 5.02. The zero-order valence-electron chi connectivity index (χ0n) is 30.9. The van der Waals surface area contributed by atoms with Gasteiger partial charge in [-0.2, -0.15) is 0 Å². The Hall–Kier alpha value is -6.64. The number of benzene rings is 8. The van der Waals surface area contributed by atoms with E-state index in [1.54, 1.807) is 0 Å². The molecule has 0 bridgehead atoms. The summed E-state index contributed by atoms with van der Waals surface area (Å²) in [7, 11) is 0. The Labute approximate surface area is 320 Å². The first-order valence-electron chi connectivity index (χ1n) is 19.5. The van der Waals surface area contributed by atoms with Gasteiger partial charge in [0.25, 0.3) is 0 Å². The largest absolute Gasteiger partial charge is 0.309 e. The van der Waals surface area contributed by atoms with E-state index < -0.39 is 0 Å². The van der Waals surface area contributed by atoms with Crippen LogP contribution in [0.1, 0.15) is 47.7 Å². The summed E-state index contributed by atoms with van der Waals surface area (Å²) in [6.45, 7) is 4.83. The minimum absolute atomic E-state index is 0.137. The molecule has 1 atom stereocenters. The maximum absolute atomic E-state index is 2.53. The zero-order valence-corrected chi connectivity index (χ0v) is 30.9. The minimum Gasteiger partial charge on any atom is -0.309 e. The summed E-state index contributed by atoms with van der Waals surface area (Å²) in [6, 6.07) is 61.0. The number of hydrogen-bond donors (Lipinski definition) is 0. The molecule has 2 nitrogen and oxygen atoms in total. The van der Waals surface area contributed by atoms with Crippen LogP contribution in [-0.2, 0) is 11.8 Å². The topological polar surface area (TPSA) is 9.86 Å². The van der Waals surface area contributed by atoms with Crippen molar-refractivity contribution in [1.29, 1.82) is 0 Å². The molecule has 12 rings (SSSR count). The fourth-order valence-electron chi connectivity index (χ4n) is 10.4. The van der Waals surface area contributed by atoms with Gasteiger partial charge in [0.1, 0.15) is 0 Å². The van der Waals surface area contributed by atoms with E-state index in [2.05, 4.69) is 199 Å². The molecule has 0 amide bonds. The van der Waals surface area contributed by atoms with Crippen LogP contribution < -0.4 is 0 Å². The smallest absolute Gasteiger partial charge is 0.0544 e. The van der Waals surface area contributed by atoms with Gasteiger partial charge in [-0.1, -0.05) is 147 Å². The van der Waals surface area contributed by atoms with E-state index in [-0.39, 0.29) is 11.3 Å². The van der Waals surface area contributed by atoms with Gasteiger partial charge in [0.2, 0.25) is 0 Å². The molecular formula is C53H38N2. The molecule has 0 N–H and O–H groups in total. The van der Waals surface area contributed by atoms with E-state index in [1.807, 2.05) is 0 Å². The number of para-hydroxylation sites is 1. The fraction of sp³-hybridized carbons (Fsp3) is 0.0943. The van der Waals surface area contributed by atoms with Crippen LogP contribution >= 0.6 is 0 Å². The van der Waals surface area contributed by atoms with Crippen molar-refractivity contribution < 1.29 is 0 Å². The van der Waals surface area contributed by atoms with E-state index in [1.165, 1.54) is 105 Å². The van der Waals surface area contributed by atoms with Crippen LogP contribution in [0, 0.1) is 0 Å². The fourth-order valence-corrected chi connectivity index (χ4v) is 10.4. The maximum Gasteiger partial charge on any atom is 0.0544 e. The summed E-state index contributed by atoms with van der Waals surface area (Å²) >= 11 is 0. The highest BCUT2D eigenvalue weighted by molar-refractivity contribution is 6.15. The lowest BCUT2D eigenvalue weighted by Gasteiger charge is -2.23. The first kappa shape index (κ1) is 30.8. The second-order valence-electron chi connectivity index (χ2n) is 16.0. The summed E-state index contributed by atoms with van der Waals surface area (Å²) in [5, 5.41) is 9.10. The molecule has 0 fully saturated rings. The molecule has 2 aliphatic rings. The Morgan fingerprint density at radius 1 is 0.509 bits per heavy atom. The van der Waals surface area contributed by atoms with Gasteiger partial charge in [0.15, 0.2) is 0 Å². The minimum atomic E-state index is -0.137. The van der Waals surface area contributed by atoms with Gasteiger partial charge in [-0.25, -0.2) is 0 Å². The monoisotopic (exact) mass is 702 g/mol. The third kappa shape index (κ3) is 4.20. The van der Waals surface area contributed by atoms with Crippen LogP contribution in [0.3, 0.4) is 0 Å². The highest BCUT2D eigenvalue weighted by Gasteiger charge is 2.38. The Balaban J connectivity index is 1.09. The SMILES string of the molecule is CC1(C)c2ccccc2-c2ccc3c(c21)c1cc(C2C=Cc4c(c5ccccc5n4-c4cccc5ccccc45)C2)ccc1n3-c1cccc2ccccc12. The highest BCUT2D eigenvalue weighted by Crippen LogP contribution is 2.53. The van der Waals surface area contributed by atoms with Gasteiger partial charge >= 0.3 is 0 Å². The van der Waals surface area contributed by atoms with Crippen LogP contribution in [-0.4, -0.2) is 9.13 Å². The quantitative estimate of drug-likeness (QED) is 0.173. The molecule has 2 aliphatic carbocycles. The average molecular weight is 703 g/mol. The van der Waals surface area contributed by atoms with Gasteiger partial charge < -0.3 is 9.13 Å². The molecule has 0 aliphatic heterocycles. The Morgan fingerprint density at radius 2 is 1.13 bits per heavy atom. The molecule has 10 aromatic rings. The molecule has 0 radical (unpaired) electrons. The maximum atomic E-state index is 2.53. The lowest BCUT2D eigenvalue weighted by Crippen LogP contribution is -2.15. The van der Waals surface area contributed by atoms with Crippen molar-refractivity contribution in [2.24, 2.45) is 0 Å². The van der Waals surface area contributed by atoms with E-state index in [4.69, 9.17) is 0 Å². The van der Waals surface area contributed by atoms with Crippen LogP contribution in [0.15, 0.2) is 170 Å². The van der Waals surface area contributed by atoms with Crippen LogP contribution in [0.4, 0.5) is 0 Å². The summed E-state index contributed by atoms with van der Waals surface area (Å²) in [5.41, 5.74) is 15.7. The van der Waals surface area contributed by atoms with Gasteiger partial charge in [-0.3, -0.25) is 0 Å². The molecule has 2 heteroatoms. The van der Waals surface area contributed by atoms with E-state index in [0.717, 1.165) is 6.42 Å². The summed E-state index contributed by atoms with van der Waals surface area (Å²) in [6.07, 6.45) is 5.80.